The van der Waals surface area contributed by atoms with E-state index in [9.17, 15) is 0 Å². The Balaban J connectivity index is 1.21. The highest BCUT2D eigenvalue weighted by Gasteiger charge is 2.47. The predicted octanol–water partition coefficient (Wildman–Crippen LogP) is 17.9. The van der Waals surface area contributed by atoms with E-state index >= 15 is 0 Å². The molecule has 0 radical (unpaired) electrons. The average Bonchev–Trinajstić information content (AvgIpc) is 2.98. The Labute approximate surface area is 464 Å². The van der Waals surface area contributed by atoms with Gasteiger partial charge < -0.3 is 14.4 Å². The maximum Gasteiger partial charge on any atom is 0.252 e. The van der Waals surface area contributed by atoms with Crippen LogP contribution in [0, 0.1) is 0 Å². The monoisotopic (exact) mass is 1010 g/mol. The molecule has 0 unspecified atom stereocenters. The van der Waals surface area contributed by atoms with Crippen LogP contribution in [0.15, 0.2) is 200 Å². The van der Waals surface area contributed by atoms with Crippen molar-refractivity contribution < 1.29 is 0 Å². The largest absolute Gasteiger partial charge is 0.311 e. The SMILES string of the molecule is CC(C)(C)c1ccc(N2c3ccc(C(C)(C)C)cc3B3c4ccc(C(C)(C)c5ccccc5)cc4N(c4ccc(C(C)(C)C)cc4-c4ccccc4)c4cc(-n5c6c(c7ccccc75)C(C)(C)c5ccccc5-6)cc2c43)cc1. The van der Waals surface area contributed by atoms with Crippen molar-refractivity contribution in [2.24, 2.45) is 0 Å². The molecule has 0 atom stereocenters. The van der Waals surface area contributed by atoms with Gasteiger partial charge >= 0.3 is 0 Å². The molecule has 78 heavy (non-hydrogen) atoms. The van der Waals surface area contributed by atoms with Gasteiger partial charge in [-0.25, -0.2) is 0 Å². The highest BCUT2D eigenvalue weighted by Crippen LogP contribution is 2.55. The van der Waals surface area contributed by atoms with Crippen LogP contribution in [0.1, 0.15) is 129 Å². The lowest BCUT2D eigenvalue weighted by Crippen LogP contribution is -2.61. The molecule has 0 saturated heterocycles. The summed E-state index contributed by atoms with van der Waals surface area (Å²) in [6, 6.07) is 77.1. The lowest BCUT2D eigenvalue weighted by molar-refractivity contribution is 0.590. The fourth-order valence-electron chi connectivity index (χ4n) is 13.4. The standard InChI is InChI=1S/C74H72BN3/c1-70(2,3)48-32-37-53(38-33-48)76-63-41-36-51(72(7,8)9)43-60(63)75-59-39-34-52(73(10,11)49-26-18-15-19-27-49)44-64(59)78(62-40-35-50(71(4,5)6)42-57(62)47-24-16-14-17-25-47)66-46-54(45-65(76)68(66)75)77-61-31-23-21-29-56(61)67-69(77)55-28-20-22-30-58(55)74(67,12)13/h14-46H,1-13H3. The van der Waals surface area contributed by atoms with Crippen molar-refractivity contribution in [1.82, 2.24) is 4.57 Å². The maximum atomic E-state index is 2.68. The van der Waals surface area contributed by atoms with Crippen LogP contribution in [0.2, 0.25) is 0 Å². The summed E-state index contributed by atoms with van der Waals surface area (Å²) in [4.78, 5) is 5.28. The molecule has 0 fully saturated rings. The second kappa shape index (κ2) is 17.3. The number of rotatable bonds is 6. The highest BCUT2D eigenvalue weighted by molar-refractivity contribution is 7.00. The van der Waals surface area contributed by atoms with Crippen LogP contribution < -0.4 is 26.2 Å². The molecular weight excluding hydrogens is 942 g/mol. The Kier molecular flexibility index (Phi) is 11.1. The number of hydrogen-bond acceptors (Lipinski definition) is 2. The van der Waals surface area contributed by atoms with E-state index in [1.165, 1.54) is 111 Å². The van der Waals surface area contributed by atoms with Crippen LogP contribution in [0.3, 0.4) is 0 Å². The van der Waals surface area contributed by atoms with E-state index < -0.39 is 0 Å². The van der Waals surface area contributed by atoms with Crippen molar-refractivity contribution in [1.29, 1.82) is 0 Å². The fraction of sp³-hybridized carbons (Fsp3) is 0.243. The quantitative estimate of drug-likeness (QED) is 0.154. The molecule has 4 heteroatoms. The van der Waals surface area contributed by atoms with Gasteiger partial charge in [-0.1, -0.05) is 236 Å². The summed E-state index contributed by atoms with van der Waals surface area (Å²) in [5.41, 5.74) is 27.0. The summed E-state index contributed by atoms with van der Waals surface area (Å²) >= 11 is 0. The molecule has 0 saturated carbocycles. The number of benzene rings is 9. The first kappa shape index (κ1) is 49.7. The summed E-state index contributed by atoms with van der Waals surface area (Å²) < 4.78 is 2.62. The van der Waals surface area contributed by atoms with E-state index in [0.717, 1.165) is 17.1 Å². The molecule has 0 bridgehead atoms. The van der Waals surface area contributed by atoms with E-state index in [1.54, 1.807) is 0 Å². The molecule has 3 heterocycles. The van der Waals surface area contributed by atoms with E-state index in [1.807, 2.05) is 0 Å². The topological polar surface area (TPSA) is 11.4 Å². The van der Waals surface area contributed by atoms with Gasteiger partial charge in [0.2, 0.25) is 0 Å². The van der Waals surface area contributed by atoms with Gasteiger partial charge in [0.05, 0.1) is 22.6 Å². The number of nitrogens with zero attached hydrogens (tertiary/aromatic N) is 3. The molecule has 0 N–H and O–H groups in total. The van der Waals surface area contributed by atoms with Crippen molar-refractivity contribution in [3.05, 3.63) is 239 Å². The summed E-state index contributed by atoms with van der Waals surface area (Å²) in [6.45, 7) is 30.5. The summed E-state index contributed by atoms with van der Waals surface area (Å²) in [5.74, 6) is 0. The molecule has 3 aliphatic rings. The first-order valence-corrected chi connectivity index (χ1v) is 28.3. The molecule has 1 aromatic heterocycles. The van der Waals surface area contributed by atoms with E-state index in [4.69, 9.17) is 0 Å². The Bertz CT molecular complexity index is 4020. The molecule has 1 aliphatic carbocycles. The molecule has 0 amide bonds. The number of para-hydroxylation sites is 1. The number of aromatic nitrogens is 1. The molecule has 9 aromatic carbocycles. The Morgan fingerprint density at radius 3 is 1.63 bits per heavy atom. The Morgan fingerprint density at radius 2 is 0.949 bits per heavy atom. The Morgan fingerprint density at radius 1 is 0.385 bits per heavy atom. The van der Waals surface area contributed by atoms with Gasteiger partial charge in [0.15, 0.2) is 0 Å². The zero-order valence-corrected chi connectivity index (χ0v) is 48.0. The lowest BCUT2D eigenvalue weighted by Gasteiger charge is -2.45. The molecular formula is C74H72BN3. The fourth-order valence-corrected chi connectivity index (χ4v) is 13.4. The van der Waals surface area contributed by atoms with E-state index in [-0.39, 0.29) is 33.8 Å². The van der Waals surface area contributed by atoms with Crippen molar-refractivity contribution in [3.63, 3.8) is 0 Å². The summed E-state index contributed by atoms with van der Waals surface area (Å²) in [7, 11) is 0. The van der Waals surface area contributed by atoms with Gasteiger partial charge in [0, 0.05) is 55.8 Å². The van der Waals surface area contributed by atoms with Gasteiger partial charge in [-0.05, 0) is 132 Å². The molecule has 10 aromatic rings. The molecule has 3 nitrogen and oxygen atoms in total. The first-order valence-electron chi connectivity index (χ1n) is 28.3. The molecule has 13 rings (SSSR count). The number of hydrogen-bond donors (Lipinski definition) is 0. The third kappa shape index (κ3) is 7.60. The third-order valence-corrected chi connectivity index (χ3v) is 17.9. The molecule has 386 valence electrons. The number of anilines is 6. The van der Waals surface area contributed by atoms with E-state index in [2.05, 4.69) is 305 Å². The van der Waals surface area contributed by atoms with Gasteiger partial charge in [-0.3, -0.25) is 0 Å². The van der Waals surface area contributed by atoms with Crippen LogP contribution in [-0.2, 0) is 27.1 Å². The van der Waals surface area contributed by atoms with Gasteiger partial charge in [-0.2, -0.15) is 0 Å². The molecule has 0 spiro atoms. The smallest absolute Gasteiger partial charge is 0.252 e. The van der Waals surface area contributed by atoms with Gasteiger partial charge in [0.25, 0.3) is 6.71 Å². The van der Waals surface area contributed by atoms with Gasteiger partial charge in [-0.15, -0.1) is 0 Å². The zero-order chi connectivity index (χ0) is 54.4. The first-order chi connectivity index (χ1) is 37.1. The summed E-state index contributed by atoms with van der Waals surface area (Å²) in [6.07, 6.45) is 0. The average molecular weight is 1010 g/mol. The minimum absolute atomic E-state index is 0.00118. The lowest BCUT2D eigenvalue weighted by atomic mass is 9.33. The number of fused-ring (bicyclic) bond motifs is 9. The van der Waals surface area contributed by atoms with Crippen LogP contribution in [-0.4, -0.2) is 11.3 Å². The third-order valence-electron chi connectivity index (χ3n) is 17.9. The van der Waals surface area contributed by atoms with Crippen LogP contribution >= 0.6 is 0 Å². The summed E-state index contributed by atoms with van der Waals surface area (Å²) in [5, 5.41) is 1.30. The Hall–Kier alpha value is -7.82. The maximum absolute atomic E-state index is 2.68. The highest BCUT2D eigenvalue weighted by atomic mass is 15.2. The minimum Gasteiger partial charge on any atom is -0.311 e. The van der Waals surface area contributed by atoms with Gasteiger partial charge in [0.1, 0.15) is 0 Å². The van der Waals surface area contributed by atoms with E-state index in [0.29, 0.717) is 0 Å². The predicted molar refractivity (Wildman–Crippen MR) is 335 cm³/mol. The zero-order valence-electron chi connectivity index (χ0n) is 48.0. The van der Waals surface area contributed by atoms with Crippen LogP contribution in [0.4, 0.5) is 34.1 Å². The van der Waals surface area contributed by atoms with Crippen molar-refractivity contribution in [2.75, 3.05) is 9.80 Å². The normalized spacial score (nSPS) is 14.5. The van der Waals surface area contributed by atoms with Crippen molar-refractivity contribution in [3.8, 4) is 28.1 Å². The molecule has 2 aliphatic heterocycles. The van der Waals surface area contributed by atoms with Crippen molar-refractivity contribution in [2.45, 2.75) is 117 Å². The van der Waals surface area contributed by atoms with Crippen LogP contribution in [0.25, 0.3) is 39.0 Å². The van der Waals surface area contributed by atoms with Crippen LogP contribution in [0.5, 0.6) is 0 Å². The minimum atomic E-state index is -0.293. The second-order valence-corrected chi connectivity index (χ2v) is 26.7. The van der Waals surface area contributed by atoms with Crippen molar-refractivity contribution >= 4 is 68.1 Å². The second-order valence-electron chi connectivity index (χ2n) is 26.7.